The summed E-state index contributed by atoms with van der Waals surface area (Å²) >= 11 is 1.77. The van der Waals surface area contributed by atoms with Gasteiger partial charge in [-0.3, -0.25) is 0 Å². The lowest BCUT2D eigenvalue weighted by Gasteiger charge is -2.04. The summed E-state index contributed by atoms with van der Waals surface area (Å²) in [6, 6.07) is 17.4. The second kappa shape index (κ2) is 5.58. The molecular weight excluding hydrogens is 276 g/mol. The van der Waals surface area contributed by atoms with Crippen LogP contribution in [0.25, 0.3) is 10.2 Å². The minimum absolute atomic E-state index is 0.837. The smallest absolute Gasteiger partial charge is 0.108 e. The summed E-state index contributed by atoms with van der Waals surface area (Å²) in [7, 11) is 0. The first kappa shape index (κ1) is 13.0. The highest BCUT2D eigenvalue weighted by atomic mass is 32.1. The number of nitrogens with zero attached hydrogens (tertiary/aromatic N) is 1. The van der Waals surface area contributed by atoms with Gasteiger partial charge in [0, 0.05) is 13.1 Å². The van der Waals surface area contributed by atoms with Gasteiger partial charge in [-0.2, -0.15) is 0 Å². The maximum atomic E-state index is 4.65. The van der Waals surface area contributed by atoms with Crippen LogP contribution in [0.1, 0.15) is 34.9 Å². The third-order valence-electron chi connectivity index (χ3n) is 3.97. The second-order valence-electron chi connectivity index (χ2n) is 5.69. The molecule has 2 aromatic carbocycles. The predicted molar refractivity (Wildman–Crippen MR) is 88.6 cm³/mol. The van der Waals surface area contributed by atoms with Gasteiger partial charge >= 0.3 is 0 Å². The number of thiazole rings is 1. The van der Waals surface area contributed by atoms with Crippen molar-refractivity contribution < 1.29 is 0 Å². The average Bonchev–Trinajstić information content (AvgIpc) is 3.28. The Hall–Kier alpha value is -1.71. The van der Waals surface area contributed by atoms with E-state index in [4.69, 9.17) is 0 Å². The molecule has 2 nitrogen and oxygen atoms in total. The van der Waals surface area contributed by atoms with E-state index in [-0.39, 0.29) is 0 Å². The number of hydrogen-bond donors (Lipinski definition) is 1. The quantitative estimate of drug-likeness (QED) is 0.751. The van der Waals surface area contributed by atoms with Crippen LogP contribution in [0.15, 0.2) is 48.5 Å². The van der Waals surface area contributed by atoms with E-state index in [1.165, 1.54) is 28.7 Å². The van der Waals surface area contributed by atoms with Crippen molar-refractivity contribution in [3.63, 3.8) is 0 Å². The van der Waals surface area contributed by atoms with Crippen LogP contribution in [0.3, 0.4) is 0 Å². The van der Waals surface area contributed by atoms with Gasteiger partial charge in [0.2, 0.25) is 0 Å². The molecule has 0 bridgehead atoms. The van der Waals surface area contributed by atoms with E-state index >= 15 is 0 Å². The van der Waals surface area contributed by atoms with E-state index in [0.717, 1.165) is 29.5 Å². The Kier molecular flexibility index (Phi) is 3.45. The van der Waals surface area contributed by atoms with Crippen LogP contribution < -0.4 is 5.32 Å². The molecule has 1 aliphatic carbocycles. The van der Waals surface area contributed by atoms with Gasteiger partial charge in [-0.15, -0.1) is 11.3 Å². The molecule has 4 rings (SSSR count). The number of rotatable bonds is 5. The number of para-hydroxylation sites is 1. The number of nitrogens with one attached hydrogen (secondary N) is 1. The summed E-state index contributed by atoms with van der Waals surface area (Å²) in [5.74, 6) is 0.842. The first-order valence-electron chi connectivity index (χ1n) is 7.52. The van der Waals surface area contributed by atoms with E-state index in [9.17, 15) is 0 Å². The van der Waals surface area contributed by atoms with Gasteiger partial charge < -0.3 is 5.32 Å². The van der Waals surface area contributed by atoms with Crippen molar-refractivity contribution in [2.75, 3.05) is 0 Å². The summed E-state index contributed by atoms with van der Waals surface area (Å²) in [5.41, 5.74) is 3.96. The predicted octanol–water partition coefficient (Wildman–Crippen LogP) is 4.46. The highest BCUT2D eigenvalue weighted by molar-refractivity contribution is 7.18. The Balaban J connectivity index is 1.35. The Morgan fingerprint density at radius 3 is 2.57 bits per heavy atom. The Morgan fingerprint density at radius 2 is 1.81 bits per heavy atom. The monoisotopic (exact) mass is 294 g/mol. The van der Waals surface area contributed by atoms with Crippen LogP contribution in [-0.2, 0) is 13.1 Å². The van der Waals surface area contributed by atoms with E-state index in [0.29, 0.717) is 0 Å². The average molecular weight is 294 g/mol. The first-order valence-corrected chi connectivity index (χ1v) is 8.34. The van der Waals surface area contributed by atoms with Gasteiger partial charge in [-0.25, -0.2) is 4.98 Å². The molecule has 3 aromatic rings. The van der Waals surface area contributed by atoms with Gasteiger partial charge in [0.25, 0.3) is 0 Å². The molecule has 1 heterocycles. The van der Waals surface area contributed by atoms with Crippen molar-refractivity contribution in [3.8, 4) is 0 Å². The van der Waals surface area contributed by atoms with Crippen molar-refractivity contribution in [2.24, 2.45) is 0 Å². The van der Waals surface area contributed by atoms with Crippen molar-refractivity contribution in [1.82, 2.24) is 10.3 Å². The molecule has 3 heteroatoms. The van der Waals surface area contributed by atoms with Crippen LogP contribution in [0, 0.1) is 0 Å². The maximum Gasteiger partial charge on any atom is 0.108 e. The summed E-state index contributed by atoms with van der Waals surface area (Å²) in [4.78, 5) is 4.65. The van der Waals surface area contributed by atoms with Crippen molar-refractivity contribution in [3.05, 3.63) is 64.7 Å². The largest absolute Gasteiger partial charge is 0.306 e. The van der Waals surface area contributed by atoms with Crippen LogP contribution in [0.2, 0.25) is 0 Å². The molecule has 0 saturated heterocycles. The molecule has 1 saturated carbocycles. The summed E-state index contributed by atoms with van der Waals surface area (Å²) in [6.07, 6.45) is 2.74. The van der Waals surface area contributed by atoms with Crippen LogP contribution in [0.4, 0.5) is 0 Å². The lowest BCUT2D eigenvalue weighted by Crippen LogP contribution is -2.12. The third-order valence-corrected chi connectivity index (χ3v) is 5.01. The molecule has 0 aliphatic heterocycles. The Morgan fingerprint density at radius 1 is 1.00 bits per heavy atom. The number of aromatic nitrogens is 1. The van der Waals surface area contributed by atoms with Crippen LogP contribution in [0.5, 0.6) is 0 Å². The lowest BCUT2D eigenvalue weighted by atomic mass is 10.1. The SMILES string of the molecule is c1ccc2sc(CNCc3ccc(C4CC4)cc3)nc2c1. The van der Waals surface area contributed by atoms with Gasteiger partial charge in [-0.05, 0) is 42.0 Å². The fraction of sp³-hybridized carbons (Fsp3) is 0.278. The zero-order chi connectivity index (χ0) is 14.1. The normalized spacial score (nSPS) is 14.7. The number of benzene rings is 2. The molecular formula is C18H18N2S. The Bertz CT molecular complexity index is 708. The molecule has 1 aromatic heterocycles. The molecule has 0 radical (unpaired) electrons. The fourth-order valence-corrected chi connectivity index (χ4v) is 3.57. The van der Waals surface area contributed by atoms with Crippen molar-refractivity contribution >= 4 is 21.6 Å². The summed E-state index contributed by atoms with van der Waals surface area (Å²) < 4.78 is 1.27. The lowest BCUT2D eigenvalue weighted by molar-refractivity contribution is 0.691. The van der Waals surface area contributed by atoms with Gasteiger partial charge in [-0.1, -0.05) is 36.4 Å². The topological polar surface area (TPSA) is 24.9 Å². The van der Waals surface area contributed by atoms with Crippen LogP contribution in [-0.4, -0.2) is 4.98 Å². The maximum absolute atomic E-state index is 4.65. The summed E-state index contributed by atoms with van der Waals surface area (Å²) in [5, 5.41) is 4.65. The second-order valence-corrected chi connectivity index (χ2v) is 6.81. The minimum atomic E-state index is 0.837. The molecule has 1 aliphatic rings. The van der Waals surface area contributed by atoms with E-state index in [2.05, 4.69) is 52.8 Å². The molecule has 106 valence electrons. The van der Waals surface area contributed by atoms with Crippen LogP contribution >= 0.6 is 11.3 Å². The van der Waals surface area contributed by atoms with Crippen molar-refractivity contribution in [2.45, 2.75) is 31.8 Å². The van der Waals surface area contributed by atoms with Gasteiger partial charge in [0.15, 0.2) is 0 Å². The zero-order valence-corrected chi connectivity index (χ0v) is 12.7. The number of hydrogen-bond acceptors (Lipinski definition) is 3. The Labute approximate surface area is 128 Å². The number of fused-ring (bicyclic) bond motifs is 1. The van der Waals surface area contributed by atoms with Gasteiger partial charge in [0.1, 0.15) is 5.01 Å². The molecule has 1 fully saturated rings. The van der Waals surface area contributed by atoms with E-state index in [1.807, 2.05) is 6.07 Å². The molecule has 0 amide bonds. The van der Waals surface area contributed by atoms with Crippen molar-refractivity contribution in [1.29, 1.82) is 0 Å². The molecule has 0 spiro atoms. The molecule has 21 heavy (non-hydrogen) atoms. The van der Waals surface area contributed by atoms with E-state index in [1.54, 1.807) is 11.3 Å². The van der Waals surface area contributed by atoms with E-state index < -0.39 is 0 Å². The highest BCUT2D eigenvalue weighted by Gasteiger charge is 2.22. The summed E-state index contributed by atoms with van der Waals surface area (Å²) in [6.45, 7) is 1.74. The molecule has 0 unspecified atom stereocenters. The minimum Gasteiger partial charge on any atom is -0.306 e. The standard InChI is InChI=1S/C18H18N2S/c1-2-4-17-16(3-1)20-18(21-17)12-19-11-13-5-7-14(8-6-13)15-9-10-15/h1-8,15,19H,9-12H2. The fourth-order valence-electron chi connectivity index (χ4n) is 2.63. The molecule has 0 atom stereocenters. The first-order chi connectivity index (χ1) is 10.4. The highest BCUT2D eigenvalue weighted by Crippen LogP contribution is 2.39. The zero-order valence-electron chi connectivity index (χ0n) is 11.9. The third kappa shape index (κ3) is 2.99. The molecule has 1 N–H and O–H groups in total. The van der Waals surface area contributed by atoms with Gasteiger partial charge in [0.05, 0.1) is 10.2 Å².